The fourth-order valence-electron chi connectivity index (χ4n) is 4.72. The first-order valence-corrected chi connectivity index (χ1v) is 13.0. The minimum atomic E-state index is -0.0211. The molecule has 5 rings (SSSR count). The molecular formula is C26H31BrN8O. The Morgan fingerprint density at radius 3 is 2.28 bits per heavy atom. The molecule has 1 saturated heterocycles. The number of carbonyl (C=O) groups excluding carboxylic acids is 1. The quantitative estimate of drug-likeness (QED) is 0.365. The normalized spacial score (nSPS) is 14.5. The van der Waals surface area contributed by atoms with Crippen molar-refractivity contribution in [1.82, 2.24) is 39.1 Å². The summed E-state index contributed by atoms with van der Waals surface area (Å²) in [4.78, 5) is 17.4. The molecule has 1 amide bonds. The number of nitrogens with zero attached hydrogens (tertiary/aromatic N) is 8. The number of amides is 1. The van der Waals surface area contributed by atoms with E-state index in [0.717, 1.165) is 52.6 Å². The number of benzene rings is 1. The van der Waals surface area contributed by atoms with Crippen LogP contribution in [0.25, 0.3) is 5.69 Å². The van der Waals surface area contributed by atoms with Crippen LogP contribution in [0.1, 0.15) is 38.8 Å². The molecule has 0 radical (unpaired) electrons. The number of rotatable bonds is 6. The Labute approximate surface area is 219 Å². The van der Waals surface area contributed by atoms with Crippen LogP contribution in [0.4, 0.5) is 0 Å². The highest BCUT2D eigenvalue weighted by molar-refractivity contribution is 9.10. The van der Waals surface area contributed by atoms with Crippen molar-refractivity contribution >= 4 is 21.8 Å². The summed E-state index contributed by atoms with van der Waals surface area (Å²) in [5.74, 6) is -0.0211. The lowest BCUT2D eigenvalue weighted by atomic mass is 10.1. The Morgan fingerprint density at radius 2 is 1.61 bits per heavy atom. The second-order valence-electron chi connectivity index (χ2n) is 9.33. The van der Waals surface area contributed by atoms with Crippen LogP contribution in [0, 0.1) is 27.7 Å². The van der Waals surface area contributed by atoms with Gasteiger partial charge in [-0.2, -0.15) is 15.3 Å². The number of carbonyl (C=O) groups is 1. The van der Waals surface area contributed by atoms with Gasteiger partial charge in [0.05, 0.1) is 27.2 Å². The lowest BCUT2D eigenvalue weighted by molar-refractivity contribution is 0.0621. The largest absolute Gasteiger partial charge is 0.335 e. The van der Waals surface area contributed by atoms with E-state index < -0.39 is 0 Å². The highest BCUT2D eigenvalue weighted by Gasteiger charge is 2.25. The molecule has 0 atom stereocenters. The summed E-state index contributed by atoms with van der Waals surface area (Å²) in [6, 6.07) is 12.0. The number of aryl methyl sites for hydroxylation is 2. The van der Waals surface area contributed by atoms with Gasteiger partial charge in [0.15, 0.2) is 0 Å². The first kappa shape index (κ1) is 24.5. The molecule has 188 valence electrons. The molecular weight excluding hydrogens is 520 g/mol. The van der Waals surface area contributed by atoms with E-state index in [9.17, 15) is 4.79 Å². The fraction of sp³-hybridized carbons (Fsp3) is 0.385. The molecule has 0 unspecified atom stereocenters. The summed E-state index contributed by atoms with van der Waals surface area (Å²) in [5, 5.41) is 13.8. The third kappa shape index (κ3) is 4.75. The molecule has 9 nitrogen and oxygen atoms in total. The van der Waals surface area contributed by atoms with E-state index >= 15 is 0 Å². The van der Waals surface area contributed by atoms with Gasteiger partial charge < -0.3 is 4.90 Å². The van der Waals surface area contributed by atoms with Crippen LogP contribution in [0.2, 0.25) is 0 Å². The van der Waals surface area contributed by atoms with E-state index in [0.29, 0.717) is 25.5 Å². The van der Waals surface area contributed by atoms with E-state index in [-0.39, 0.29) is 5.91 Å². The van der Waals surface area contributed by atoms with E-state index in [4.69, 9.17) is 5.10 Å². The SMILES string of the molecule is Cc1nn(Cn2ccc(C(=O)N3CCN(Cc4c(C)nn(-c5ccccc5)c4C)CC3)n2)c(C)c1Br. The molecule has 10 heteroatoms. The number of para-hydroxylation sites is 1. The predicted octanol–water partition coefficient (Wildman–Crippen LogP) is 3.73. The zero-order chi connectivity index (χ0) is 25.4. The Bertz CT molecular complexity index is 1380. The molecule has 0 aliphatic carbocycles. The first-order valence-electron chi connectivity index (χ1n) is 12.2. The van der Waals surface area contributed by atoms with Crippen LogP contribution < -0.4 is 0 Å². The zero-order valence-corrected chi connectivity index (χ0v) is 22.7. The minimum absolute atomic E-state index is 0.0211. The van der Waals surface area contributed by atoms with Crippen LogP contribution in [-0.4, -0.2) is 71.2 Å². The van der Waals surface area contributed by atoms with Gasteiger partial charge in [-0.3, -0.25) is 14.4 Å². The van der Waals surface area contributed by atoms with E-state index in [2.05, 4.69) is 57.0 Å². The van der Waals surface area contributed by atoms with Gasteiger partial charge in [-0.1, -0.05) is 18.2 Å². The van der Waals surface area contributed by atoms with Crippen LogP contribution >= 0.6 is 15.9 Å². The summed E-state index contributed by atoms with van der Waals surface area (Å²) in [6.07, 6.45) is 1.84. The van der Waals surface area contributed by atoms with Crippen LogP contribution in [0.5, 0.6) is 0 Å². The molecule has 0 spiro atoms. The molecule has 0 saturated carbocycles. The molecule has 3 aromatic heterocycles. The second-order valence-corrected chi connectivity index (χ2v) is 10.1. The number of aromatic nitrogens is 6. The molecule has 4 heterocycles. The number of halogens is 1. The molecule has 0 N–H and O–H groups in total. The monoisotopic (exact) mass is 550 g/mol. The summed E-state index contributed by atoms with van der Waals surface area (Å²) < 4.78 is 6.65. The smallest absolute Gasteiger partial charge is 0.274 e. The van der Waals surface area contributed by atoms with Gasteiger partial charge >= 0.3 is 0 Å². The summed E-state index contributed by atoms with van der Waals surface area (Å²) in [7, 11) is 0. The number of piperazine rings is 1. The van der Waals surface area contributed by atoms with Gasteiger partial charge in [-0.25, -0.2) is 9.36 Å². The Morgan fingerprint density at radius 1 is 0.889 bits per heavy atom. The maximum atomic E-state index is 13.1. The van der Waals surface area contributed by atoms with Crippen molar-refractivity contribution in [3.05, 3.63) is 81.1 Å². The van der Waals surface area contributed by atoms with Crippen molar-refractivity contribution in [2.24, 2.45) is 0 Å². The van der Waals surface area contributed by atoms with Crippen LogP contribution in [0.3, 0.4) is 0 Å². The van der Waals surface area contributed by atoms with Crippen LogP contribution in [-0.2, 0) is 13.2 Å². The van der Waals surface area contributed by atoms with E-state index in [1.165, 1.54) is 5.56 Å². The third-order valence-electron chi connectivity index (χ3n) is 6.91. The highest BCUT2D eigenvalue weighted by atomic mass is 79.9. The van der Waals surface area contributed by atoms with Gasteiger partial charge in [0.1, 0.15) is 12.4 Å². The van der Waals surface area contributed by atoms with Gasteiger partial charge in [0, 0.05) is 50.2 Å². The molecule has 1 aliphatic rings. The summed E-state index contributed by atoms with van der Waals surface area (Å²) >= 11 is 3.56. The first-order chi connectivity index (χ1) is 17.3. The third-order valence-corrected chi connectivity index (χ3v) is 8.06. The van der Waals surface area contributed by atoms with Crippen molar-refractivity contribution < 1.29 is 4.79 Å². The molecule has 4 aromatic rings. The summed E-state index contributed by atoms with van der Waals surface area (Å²) in [6.45, 7) is 12.5. The minimum Gasteiger partial charge on any atom is -0.335 e. The van der Waals surface area contributed by atoms with Crippen molar-refractivity contribution in [2.75, 3.05) is 26.2 Å². The Hall–Kier alpha value is -3.24. The number of hydrogen-bond donors (Lipinski definition) is 0. The average Bonchev–Trinajstić information content (AvgIpc) is 3.54. The van der Waals surface area contributed by atoms with Gasteiger partial charge in [-0.05, 0) is 61.8 Å². The molecule has 1 aliphatic heterocycles. The van der Waals surface area contributed by atoms with E-state index in [1.807, 2.05) is 52.5 Å². The maximum absolute atomic E-state index is 13.1. The molecule has 1 aromatic carbocycles. The Balaban J connectivity index is 1.19. The van der Waals surface area contributed by atoms with Crippen LogP contribution in [0.15, 0.2) is 47.1 Å². The molecule has 36 heavy (non-hydrogen) atoms. The lowest BCUT2D eigenvalue weighted by Gasteiger charge is -2.34. The van der Waals surface area contributed by atoms with Crippen molar-refractivity contribution in [1.29, 1.82) is 0 Å². The Kier molecular flexibility index (Phi) is 6.81. The fourth-order valence-corrected chi connectivity index (χ4v) is 5.01. The second kappa shape index (κ2) is 10.0. The predicted molar refractivity (Wildman–Crippen MR) is 141 cm³/mol. The van der Waals surface area contributed by atoms with Gasteiger partial charge in [0.25, 0.3) is 5.91 Å². The van der Waals surface area contributed by atoms with E-state index in [1.54, 1.807) is 10.7 Å². The standard InChI is InChI=1S/C26H31BrN8O/c1-18-23(20(3)35(29-18)22-8-6-5-7-9-22)16-31-12-14-32(15-13-31)26(36)24-10-11-33(30-24)17-34-21(4)25(27)19(2)28-34/h5-11H,12-17H2,1-4H3. The van der Waals surface area contributed by atoms with Gasteiger partial charge in [0.2, 0.25) is 0 Å². The van der Waals surface area contributed by atoms with Crippen molar-refractivity contribution in [3.8, 4) is 5.69 Å². The average molecular weight is 551 g/mol. The zero-order valence-electron chi connectivity index (χ0n) is 21.1. The molecule has 0 bridgehead atoms. The van der Waals surface area contributed by atoms with Crippen molar-refractivity contribution in [2.45, 2.75) is 40.9 Å². The summed E-state index contributed by atoms with van der Waals surface area (Å²) in [5.41, 5.74) is 6.99. The maximum Gasteiger partial charge on any atom is 0.274 e. The van der Waals surface area contributed by atoms with Gasteiger partial charge in [-0.15, -0.1) is 0 Å². The topological polar surface area (TPSA) is 77.0 Å². The number of hydrogen-bond acceptors (Lipinski definition) is 5. The molecule has 1 fully saturated rings. The van der Waals surface area contributed by atoms with Crippen molar-refractivity contribution in [3.63, 3.8) is 0 Å². The lowest BCUT2D eigenvalue weighted by Crippen LogP contribution is -2.48. The highest BCUT2D eigenvalue weighted by Crippen LogP contribution is 2.21.